The van der Waals surface area contributed by atoms with Gasteiger partial charge in [0.25, 0.3) is 0 Å². The van der Waals surface area contributed by atoms with Crippen LogP contribution in [0.1, 0.15) is 20.3 Å². The van der Waals surface area contributed by atoms with Crippen molar-refractivity contribution in [2.24, 2.45) is 0 Å². The van der Waals surface area contributed by atoms with Crippen molar-refractivity contribution in [1.29, 1.82) is 0 Å². The number of β-amino-alcohol motifs (C(OH)–C–C–N with tert-alkyl or cyclic N) is 1. The molecule has 1 saturated heterocycles. The predicted octanol–water partition coefficient (Wildman–Crippen LogP) is 1.38. The van der Waals surface area contributed by atoms with E-state index in [4.69, 9.17) is 4.74 Å². The Hall–Kier alpha value is -1.18. The SMILES string of the molecule is CC(C)S(=O)(=O)N1CC[C@@](O)(COc2cccc(F)c2)C1. The number of benzene rings is 1. The molecule has 118 valence electrons. The minimum atomic E-state index is -3.38. The third-order valence-corrected chi connectivity index (χ3v) is 5.78. The summed E-state index contributed by atoms with van der Waals surface area (Å²) < 4.78 is 43.8. The van der Waals surface area contributed by atoms with Gasteiger partial charge in [-0.25, -0.2) is 12.8 Å². The van der Waals surface area contributed by atoms with Crippen molar-refractivity contribution < 1.29 is 22.7 Å². The van der Waals surface area contributed by atoms with E-state index in [0.717, 1.165) is 0 Å². The number of sulfonamides is 1. The van der Waals surface area contributed by atoms with Gasteiger partial charge >= 0.3 is 0 Å². The lowest BCUT2D eigenvalue weighted by Gasteiger charge is -2.24. The molecule has 1 aromatic carbocycles. The average molecular weight is 317 g/mol. The van der Waals surface area contributed by atoms with E-state index in [9.17, 15) is 17.9 Å². The van der Waals surface area contributed by atoms with Gasteiger partial charge in [0.1, 0.15) is 23.8 Å². The third-order valence-electron chi connectivity index (χ3n) is 3.56. The van der Waals surface area contributed by atoms with E-state index in [0.29, 0.717) is 12.2 Å². The van der Waals surface area contributed by atoms with E-state index < -0.39 is 26.7 Å². The van der Waals surface area contributed by atoms with Crippen LogP contribution in [0.3, 0.4) is 0 Å². The van der Waals surface area contributed by atoms with Crippen LogP contribution in [0.25, 0.3) is 0 Å². The molecule has 1 aliphatic heterocycles. The molecular weight excluding hydrogens is 297 g/mol. The molecule has 1 atom stereocenters. The molecule has 0 bridgehead atoms. The fourth-order valence-corrected chi connectivity index (χ4v) is 3.59. The largest absolute Gasteiger partial charge is 0.490 e. The van der Waals surface area contributed by atoms with Crippen LogP contribution in [0.5, 0.6) is 5.75 Å². The van der Waals surface area contributed by atoms with Gasteiger partial charge < -0.3 is 9.84 Å². The molecule has 1 fully saturated rings. The Kier molecular flexibility index (Phi) is 4.55. The van der Waals surface area contributed by atoms with Gasteiger partial charge in [0.2, 0.25) is 10.0 Å². The molecule has 7 heteroatoms. The first-order chi connectivity index (χ1) is 9.73. The highest BCUT2D eigenvalue weighted by atomic mass is 32.2. The van der Waals surface area contributed by atoms with Crippen LogP contribution in [0.4, 0.5) is 4.39 Å². The molecule has 0 radical (unpaired) electrons. The summed E-state index contributed by atoms with van der Waals surface area (Å²) in [6.07, 6.45) is 0.300. The molecule has 0 spiro atoms. The maximum Gasteiger partial charge on any atom is 0.216 e. The van der Waals surface area contributed by atoms with E-state index >= 15 is 0 Å². The zero-order chi connectivity index (χ0) is 15.7. The summed E-state index contributed by atoms with van der Waals surface area (Å²) in [4.78, 5) is 0. The van der Waals surface area contributed by atoms with Crippen LogP contribution >= 0.6 is 0 Å². The fraction of sp³-hybridized carbons (Fsp3) is 0.571. The van der Waals surface area contributed by atoms with Crippen LogP contribution < -0.4 is 4.74 Å². The number of hydrogen-bond acceptors (Lipinski definition) is 4. The smallest absolute Gasteiger partial charge is 0.216 e. The highest BCUT2D eigenvalue weighted by Crippen LogP contribution is 2.26. The zero-order valence-electron chi connectivity index (χ0n) is 12.1. The number of nitrogens with zero attached hydrogens (tertiary/aromatic N) is 1. The van der Waals surface area contributed by atoms with Crippen LogP contribution in [-0.4, -0.2) is 48.4 Å². The van der Waals surface area contributed by atoms with E-state index in [1.807, 2.05) is 0 Å². The Bertz CT molecular complexity index is 605. The Morgan fingerprint density at radius 2 is 2.19 bits per heavy atom. The summed E-state index contributed by atoms with van der Waals surface area (Å²) >= 11 is 0. The first-order valence-electron chi connectivity index (χ1n) is 6.83. The number of rotatable bonds is 5. The first kappa shape index (κ1) is 16.2. The van der Waals surface area contributed by atoms with Gasteiger partial charge in [-0.2, -0.15) is 4.31 Å². The number of halogens is 1. The van der Waals surface area contributed by atoms with Gasteiger partial charge in [-0.15, -0.1) is 0 Å². The Balaban J connectivity index is 1.99. The minimum Gasteiger partial charge on any atom is -0.490 e. The van der Waals surface area contributed by atoms with Gasteiger partial charge in [0.05, 0.1) is 5.25 Å². The minimum absolute atomic E-state index is 0.00281. The predicted molar refractivity (Wildman–Crippen MR) is 77.1 cm³/mol. The standard InChI is InChI=1S/C14H20FNO4S/c1-11(2)21(18,19)16-7-6-14(17,9-16)10-20-13-5-3-4-12(15)8-13/h3-5,8,11,17H,6-7,9-10H2,1-2H3/t14-/m0/s1. The van der Waals surface area contributed by atoms with Crippen molar-refractivity contribution >= 4 is 10.0 Å². The van der Waals surface area contributed by atoms with Gasteiger partial charge in [-0.05, 0) is 32.4 Å². The van der Waals surface area contributed by atoms with Gasteiger partial charge in [-0.3, -0.25) is 0 Å². The lowest BCUT2D eigenvalue weighted by Crippen LogP contribution is -2.42. The Morgan fingerprint density at radius 3 is 2.81 bits per heavy atom. The van der Waals surface area contributed by atoms with Crippen LogP contribution in [0, 0.1) is 5.82 Å². The number of ether oxygens (including phenoxy) is 1. The van der Waals surface area contributed by atoms with Crippen LogP contribution in [-0.2, 0) is 10.0 Å². The summed E-state index contributed by atoms with van der Waals surface area (Å²) in [7, 11) is -3.38. The van der Waals surface area contributed by atoms with Crippen molar-refractivity contribution in [1.82, 2.24) is 4.31 Å². The first-order valence-corrected chi connectivity index (χ1v) is 8.33. The highest BCUT2D eigenvalue weighted by molar-refractivity contribution is 7.89. The van der Waals surface area contributed by atoms with E-state index in [-0.39, 0.29) is 19.7 Å². The molecule has 21 heavy (non-hydrogen) atoms. The summed E-state index contributed by atoms with van der Waals surface area (Å²) in [5.74, 6) is -0.108. The van der Waals surface area contributed by atoms with E-state index in [1.165, 1.54) is 22.5 Å². The van der Waals surface area contributed by atoms with Gasteiger partial charge in [0.15, 0.2) is 0 Å². The molecule has 2 rings (SSSR count). The molecule has 0 unspecified atom stereocenters. The number of aliphatic hydroxyl groups is 1. The summed E-state index contributed by atoms with van der Waals surface area (Å²) in [6, 6.07) is 5.62. The van der Waals surface area contributed by atoms with E-state index in [2.05, 4.69) is 0 Å². The Labute approximate surface area is 124 Å². The molecule has 1 N–H and O–H groups in total. The van der Waals surface area contributed by atoms with Crippen molar-refractivity contribution in [3.8, 4) is 5.75 Å². The maximum atomic E-state index is 13.0. The lowest BCUT2D eigenvalue weighted by molar-refractivity contribution is 0.00863. The quantitative estimate of drug-likeness (QED) is 0.891. The molecular formula is C14H20FNO4S. The molecule has 1 aliphatic rings. The average Bonchev–Trinajstić information content (AvgIpc) is 2.80. The molecule has 0 aliphatic carbocycles. The van der Waals surface area contributed by atoms with Gasteiger partial charge in [-0.1, -0.05) is 6.07 Å². The van der Waals surface area contributed by atoms with E-state index in [1.54, 1.807) is 19.9 Å². The normalized spacial score (nSPS) is 23.7. The Morgan fingerprint density at radius 1 is 1.48 bits per heavy atom. The summed E-state index contributed by atoms with van der Waals surface area (Å²) in [5, 5.41) is 9.89. The molecule has 0 aromatic heterocycles. The third kappa shape index (κ3) is 3.72. The summed E-state index contributed by atoms with van der Waals surface area (Å²) in [5.41, 5.74) is -1.24. The van der Waals surface area contributed by atoms with Crippen molar-refractivity contribution in [3.05, 3.63) is 30.1 Å². The molecule has 5 nitrogen and oxygen atoms in total. The summed E-state index contributed by atoms with van der Waals surface area (Å²) in [6.45, 7) is 3.42. The van der Waals surface area contributed by atoms with Crippen LogP contribution in [0.2, 0.25) is 0 Å². The van der Waals surface area contributed by atoms with Gasteiger partial charge in [0, 0.05) is 19.2 Å². The monoisotopic (exact) mass is 317 g/mol. The second kappa shape index (κ2) is 5.90. The van der Waals surface area contributed by atoms with Crippen molar-refractivity contribution in [2.45, 2.75) is 31.1 Å². The fourth-order valence-electron chi connectivity index (χ4n) is 2.23. The second-order valence-corrected chi connectivity index (χ2v) is 8.14. The molecule has 0 saturated carbocycles. The topological polar surface area (TPSA) is 66.8 Å². The number of hydrogen-bond donors (Lipinski definition) is 1. The molecule has 0 amide bonds. The maximum absolute atomic E-state index is 13.0. The second-order valence-electron chi connectivity index (χ2n) is 5.65. The lowest BCUT2D eigenvalue weighted by atomic mass is 10.1. The zero-order valence-corrected chi connectivity index (χ0v) is 12.9. The van der Waals surface area contributed by atoms with Crippen LogP contribution in [0.15, 0.2) is 24.3 Å². The molecule has 1 heterocycles. The van der Waals surface area contributed by atoms with Crippen molar-refractivity contribution in [2.75, 3.05) is 19.7 Å². The highest BCUT2D eigenvalue weighted by Gasteiger charge is 2.42. The van der Waals surface area contributed by atoms with Crippen molar-refractivity contribution in [3.63, 3.8) is 0 Å². The molecule has 1 aromatic rings.